The zero-order valence-electron chi connectivity index (χ0n) is 18.4. The largest absolute Gasteiger partial charge is 0.396 e. The van der Waals surface area contributed by atoms with Crippen molar-refractivity contribution >= 4 is 52.5 Å². The van der Waals surface area contributed by atoms with Gasteiger partial charge in [0.25, 0.3) is 0 Å². The van der Waals surface area contributed by atoms with Crippen molar-refractivity contribution in [1.29, 1.82) is 0 Å². The number of aliphatic hydroxyl groups excluding tert-OH is 1. The first kappa shape index (κ1) is 23.2. The van der Waals surface area contributed by atoms with Crippen LogP contribution in [0.4, 0.5) is 11.4 Å². The number of amides is 3. The summed E-state index contributed by atoms with van der Waals surface area (Å²) < 4.78 is -0.679. The highest BCUT2D eigenvalue weighted by molar-refractivity contribution is 8.02. The summed E-state index contributed by atoms with van der Waals surface area (Å²) in [6.07, 6.45) is 1.81. The average Bonchev–Trinajstić information content (AvgIpc) is 3.47. The van der Waals surface area contributed by atoms with Gasteiger partial charge in [-0.15, -0.1) is 11.8 Å². The molecule has 3 saturated heterocycles. The molecule has 5 rings (SSSR count). The van der Waals surface area contributed by atoms with E-state index >= 15 is 0 Å². The minimum absolute atomic E-state index is 0.0201. The Morgan fingerprint density at radius 1 is 1.09 bits per heavy atom. The summed E-state index contributed by atoms with van der Waals surface area (Å²) in [4.78, 5) is 42.3. The molecule has 3 heterocycles. The summed E-state index contributed by atoms with van der Waals surface area (Å²) in [6, 6.07) is 15.4. The Hall–Kier alpha value is -2.55. The lowest BCUT2D eigenvalue weighted by atomic mass is 9.70. The van der Waals surface area contributed by atoms with Crippen molar-refractivity contribution in [3.05, 3.63) is 59.6 Å². The van der Waals surface area contributed by atoms with Gasteiger partial charge in [0, 0.05) is 24.1 Å². The molecule has 1 spiro atoms. The van der Waals surface area contributed by atoms with Crippen molar-refractivity contribution in [2.24, 2.45) is 11.8 Å². The van der Waals surface area contributed by atoms with Gasteiger partial charge in [-0.05, 0) is 43.5 Å². The lowest BCUT2D eigenvalue weighted by Gasteiger charge is -2.34. The van der Waals surface area contributed by atoms with Crippen LogP contribution in [0.1, 0.15) is 19.3 Å². The molecule has 3 fully saturated rings. The van der Waals surface area contributed by atoms with Gasteiger partial charge in [-0.3, -0.25) is 14.4 Å². The normalized spacial score (nSPS) is 29.2. The van der Waals surface area contributed by atoms with E-state index in [9.17, 15) is 19.5 Å². The number of nitrogens with zero attached hydrogens (tertiary/aromatic N) is 1. The molecular formula is C25H26ClN3O4S. The quantitative estimate of drug-likeness (QED) is 0.542. The highest BCUT2D eigenvalue weighted by atomic mass is 35.5. The third-order valence-electron chi connectivity index (χ3n) is 7.08. The highest BCUT2D eigenvalue weighted by Crippen LogP contribution is 2.66. The van der Waals surface area contributed by atoms with Crippen molar-refractivity contribution in [2.75, 3.05) is 23.8 Å². The van der Waals surface area contributed by atoms with E-state index < -0.39 is 22.6 Å². The topological polar surface area (TPSA) is 98.7 Å². The number of aliphatic hydroxyl groups is 1. The maximum absolute atomic E-state index is 13.7. The van der Waals surface area contributed by atoms with Gasteiger partial charge in [0.1, 0.15) is 6.04 Å². The molecule has 5 atom stereocenters. The number of nitrogens with one attached hydrogen (secondary N) is 2. The van der Waals surface area contributed by atoms with Crippen LogP contribution in [0.25, 0.3) is 0 Å². The first-order chi connectivity index (χ1) is 16.5. The number of hydrogen-bond acceptors (Lipinski definition) is 5. The number of rotatable bonds is 7. The highest BCUT2D eigenvalue weighted by Gasteiger charge is 2.73. The van der Waals surface area contributed by atoms with E-state index in [4.69, 9.17) is 11.6 Å². The van der Waals surface area contributed by atoms with Gasteiger partial charge in [0.05, 0.1) is 27.3 Å². The summed E-state index contributed by atoms with van der Waals surface area (Å²) in [6.45, 7) is 0.167. The van der Waals surface area contributed by atoms with Gasteiger partial charge >= 0.3 is 0 Å². The van der Waals surface area contributed by atoms with Crippen LogP contribution in [-0.4, -0.2) is 56.9 Å². The monoisotopic (exact) mass is 499 g/mol. The Balaban J connectivity index is 1.46. The van der Waals surface area contributed by atoms with E-state index in [1.54, 1.807) is 40.9 Å². The standard InChI is InChI=1S/C25H26ClN3O4S/c26-16-9-4-5-10-17(16)28-23(32)21-25-12-11-18(34-25)19(20(25)24(33)29(21)13-6-14-30)22(31)27-15-7-2-1-3-8-15/h1-5,7-10,18-21,30H,6,11-14H2,(H,27,31)(H,28,32)/t18-,19+,20-,21?,25?/m0/s1. The van der Waals surface area contributed by atoms with Crippen molar-refractivity contribution in [1.82, 2.24) is 4.90 Å². The molecule has 7 nitrogen and oxygen atoms in total. The lowest BCUT2D eigenvalue weighted by molar-refractivity contribution is -0.138. The number of likely N-dealkylation sites (tertiary alicyclic amines) is 1. The number of thioether (sulfide) groups is 1. The first-order valence-electron chi connectivity index (χ1n) is 11.5. The maximum atomic E-state index is 13.7. The molecule has 0 aromatic heterocycles. The van der Waals surface area contributed by atoms with Gasteiger partial charge in [-0.25, -0.2) is 0 Å². The first-order valence-corrected chi connectivity index (χ1v) is 12.7. The fourth-order valence-electron chi connectivity index (χ4n) is 5.75. The summed E-state index contributed by atoms with van der Waals surface area (Å²) in [5.74, 6) is -1.77. The summed E-state index contributed by atoms with van der Waals surface area (Å²) in [5, 5.41) is 15.7. The molecule has 0 radical (unpaired) electrons. The Kier molecular flexibility index (Phi) is 6.31. The van der Waals surface area contributed by atoms with Crippen LogP contribution in [0.3, 0.4) is 0 Å². The van der Waals surface area contributed by atoms with Crippen molar-refractivity contribution < 1.29 is 19.5 Å². The number of para-hydroxylation sites is 2. The Labute approximate surface area is 207 Å². The van der Waals surface area contributed by atoms with Gasteiger partial charge in [0.2, 0.25) is 17.7 Å². The molecule has 2 bridgehead atoms. The molecule has 178 valence electrons. The van der Waals surface area contributed by atoms with Crippen LogP contribution in [0.5, 0.6) is 0 Å². The molecule has 0 aliphatic carbocycles. The summed E-state index contributed by atoms with van der Waals surface area (Å²) in [7, 11) is 0. The van der Waals surface area contributed by atoms with E-state index in [-0.39, 0.29) is 36.1 Å². The molecule has 3 amide bonds. The minimum atomic E-state index is -0.739. The number of fused-ring (bicyclic) bond motifs is 1. The molecule has 3 aliphatic rings. The second-order valence-corrected chi connectivity index (χ2v) is 11.0. The lowest BCUT2D eigenvalue weighted by Crippen LogP contribution is -2.51. The predicted molar refractivity (Wildman–Crippen MR) is 133 cm³/mol. The third-order valence-corrected chi connectivity index (χ3v) is 9.36. The minimum Gasteiger partial charge on any atom is -0.396 e. The SMILES string of the molecule is O=C(Nc1ccccc1Cl)C1N(CCCO)C(=O)[C@@H]2[C@H](C(=O)Nc3ccccc3)[C@@H]3CCC12S3. The molecule has 2 unspecified atom stereocenters. The van der Waals surface area contributed by atoms with Gasteiger partial charge in [-0.1, -0.05) is 41.9 Å². The Morgan fingerprint density at radius 3 is 2.56 bits per heavy atom. The molecule has 3 N–H and O–H groups in total. The van der Waals surface area contributed by atoms with Crippen molar-refractivity contribution in [2.45, 2.75) is 35.3 Å². The zero-order chi connectivity index (χ0) is 23.9. The summed E-state index contributed by atoms with van der Waals surface area (Å²) >= 11 is 7.88. The number of halogens is 1. The van der Waals surface area contributed by atoms with Crippen molar-refractivity contribution in [3.8, 4) is 0 Å². The molecule has 0 saturated carbocycles. The van der Waals surface area contributed by atoms with E-state index in [0.717, 1.165) is 6.42 Å². The molecule has 2 aromatic carbocycles. The number of carbonyl (C=O) groups excluding carboxylic acids is 3. The second-order valence-electron chi connectivity index (χ2n) is 8.99. The van der Waals surface area contributed by atoms with Crippen LogP contribution in [-0.2, 0) is 14.4 Å². The number of hydrogen-bond donors (Lipinski definition) is 3. The predicted octanol–water partition coefficient (Wildman–Crippen LogP) is 3.39. The molecular weight excluding hydrogens is 474 g/mol. The molecule has 9 heteroatoms. The Bertz CT molecular complexity index is 1120. The van der Waals surface area contributed by atoms with Gasteiger partial charge in [-0.2, -0.15) is 0 Å². The molecule has 34 heavy (non-hydrogen) atoms. The molecule has 2 aromatic rings. The second kappa shape index (κ2) is 9.24. The van der Waals surface area contributed by atoms with E-state index in [0.29, 0.717) is 29.2 Å². The zero-order valence-corrected chi connectivity index (χ0v) is 20.0. The van der Waals surface area contributed by atoms with E-state index in [2.05, 4.69) is 10.6 Å². The number of carbonyl (C=O) groups is 3. The van der Waals surface area contributed by atoms with E-state index in [1.807, 2.05) is 30.3 Å². The van der Waals surface area contributed by atoms with Gasteiger partial charge in [0.15, 0.2) is 0 Å². The van der Waals surface area contributed by atoms with Crippen LogP contribution in [0.15, 0.2) is 54.6 Å². The fraction of sp³-hybridized carbons (Fsp3) is 0.400. The summed E-state index contributed by atoms with van der Waals surface area (Å²) in [5.41, 5.74) is 1.17. The van der Waals surface area contributed by atoms with Crippen LogP contribution >= 0.6 is 23.4 Å². The average molecular weight is 500 g/mol. The smallest absolute Gasteiger partial charge is 0.248 e. The van der Waals surface area contributed by atoms with Crippen molar-refractivity contribution in [3.63, 3.8) is 0 Å². The molecule has 3 aliphatic heterocycles. The third kappa shape index (κ3) is 3.78. The number of benzene rings is 2. The Morgan fingerprint density at radius 2 is 1.82 bits per heavy atom. The fourth-order valence-corrected chi connectivity index (χ4v) is 8.15. The van der Waals surface area contributed by atoms with Gasteiger partial charge < -0.3 is 20.6 Å². The van der Waals surface area contributed by atoms with Crippen LogP contribution in [0, 0.1) is 11.8 Å². The number of anilines is 2. The van der Waals surface area contributed by atoms with Crippen LogP contribution < -0.4 is 10.6 Å². The van der Waals surface area contributed by atoms with Crippen LogP contribution in [0.2, 0.25) is 5.02 Å². The maximum Gasteiger partial charge on any atom is 0.248 e. The van der Waals surface area contributed by atoms with E-state index in [1.165, 1.54) is 0 Å².